The number of hydrogen-bond acceptors (Lipinski definition) is 4. The Morgan fingerprint density at radius 3 is 2.32 bits per heavy atom. The molecule has 19 heavy (non-hydrogen) atoms. The molecule has 0 atom stereocenters. The lowest BCUT2D eigenvalue weighted by Crippen LogP contribution is -1.99. The molecule has 0 aromatic heterocycles. The van der Waals surface area contributed by atoms with E-state index < -0.39 is 9.84 Å². The van der Waals surface area contributed by atoms with Crippen molar-refractivity contribution in [3.05, 3.63) is 43.9 Å². The molecule has 0 aliphatic carbocycles. The Labute approximate surface area is 124 Å². The fraction of sp³-hybridized carbons (Fsp3) is 0.0769. The van der Waals surface area contributed by atoms with E-state index in [4.69, 9.17) is 10.5 Å². The number of hydrogen-bond donors (Lipinski definition) is 0. The first-order valence-electron chi connectivity index (χ1n) is 5.21. The predicted octanol–water partition coefficient (Wildman–Crippen LogP) is 2.94. The van der Waals surface area contributed by atoms with Crippen LogP contribution in [0.15, 0.2) is 43.2 Å². The van der Waals surface area contributed by atoms with Gasteiger partial charge in [-0.2, -0.15) is 10.5 Å². The van der Waals surface area contributed by atoms with Crippen LogP contribution in [0.3, 0.4) is 0 Å². The van der Waals surface area contributed by atoms with Crippen molar-refractivity contribution in [2.45, 2.75) is 11.8 Å². The number of rotatable bonds is 0. The second kappa shape index (κ2) is 4.80. The minimum absolute atomic E-state index is 0.0624. The molecule has 1 aliphatic heterocycles. The third-order valence-electron chi connectivity index (χ3n) is 2.73. The number of fused-ring (bicyclic) bond motifs is 1. The summed E-state index contributed by atoms with van der Waals surface area (Å²) in [6, 6.07) is 9.96. The van der Waals surface area contributed by atoms with E-state index in [1.54, 1.807) is 37.3 Å². The van der Waals surface area contributed by atoms with Crippen LogP contribution in [0.2, 0.25) is 0 Å². The van der Waals surface area contributed by atoms with Crippen LogP contribution in [0.25, 0.3) is 5.57 Å². The van der Waals surface area contributed by atoms with E-state index in [0.29, 0.717) is 9.14 Å². The second-order valence-electron chi connectivity index (χ2n) is 3.84. The first-order chi connectivity index (χ1) is 8.95. The number of allylic oxidation sites excluding steroid dienone is 3. The summed E-state index contributed by atoms with van der Waals surface area (Å²) >= 11 is 1.90. The standard InChI is InChI=1S/C13H7IN2O2S/c1-8(14)13-12(9(6-15)7-16)10-4-2-3-5-11(10)19(13,17)18/h2-5H,1H3/b13-8+. The van der Waals surface area contributed by atoms with Gasteiger partial charge in [0.15, 0.2) is 0 Å². The zero-order chi connectivity index (χ0) is 14.2. The molecule has 2 rings (SSSR count). The molecule has 6 heteroatoms. The summed E-state index contributed by atoms with van der Waals surface area (Å²) in [5.74, 6) is 0. The van der Waals surface area contributed by atoms with E-state index >= 15 is 0 Å². The molecule has 94 valence electrons. The normalized spacial score (nSPS) is 18.2. The van der Waals surface area contributed by atoms with Crippen molar-refractivity contribution >= 4 is 38.0 Å². The number of nitriles is 2. The second-order valence-corrected chi connectivity index (χ2v) is 7.31. The minimum atomic E-state index is -3.65. The summed E-state index contributed by atoms with van der Waals surface area (Å²) in [5.41, 5.74) is 0.457. The molecule has 0 N–H and O–H groups in total. The molecule has 0 saturated carbocycles. The summed E-state index contributed by atoms with van der Waals surface area (Å²) in [6.45, 7) is 1.64. The van der Waals surface area contributed by atoms with Crippen molar-refractivity contribution in [1.29, 1.82) is 10.5 Å². The summed E-state index contributed by atoms with van der Waals surface area (Å²) in [7, 11) is -3.65. The Hall–Kier alpha value is -1.64. The Kier molecular flexibility index (Phi) is 3.48. The summed E-state index contributed by atoms with van der Waals surface area (Å²) in [5, 5.41) is 18.1. The van der Waals surface area contributed by atoms with Gasteiger partial charge in [-0.05, 0) is 35.6 Å². The molecule has 4 nitrogen and oxygen atoms in total. The highest BCUT2D eigenvalue weighted by Gasteiger charge is 2.38. The van der Waals surface area contributed by atoms with Crippen molar-refractivity contribution in [2.24, 2.45) is 0 Å². The van der Waals surface area contributed by atoms with Crippen LogP contribution < -0.4 is 0 Å². The summed E-state index contributed by atoms with van der Waals surface area (Å²) in [4.78, 5) is 0.214. The van der Waals surface area contributed by atoms with E-state index in [0.717, 1.165) is 0 Å². The van der Waals surface area contributed by atoms with Crippen molar-refractivity contribution in [1.82, 2.24) is 0 Å². The van der Waals surface area contributed by atoms with Crippen LogP contribution in [-0.4, -0.2) is 8.42 Å². The highest BCUT2D eigenvalue weighted by atomic mass is 127. The van der Waals surface area contributed by atoms with Gasteiger partial charge >= 0.3 is 0 Å². The fourth-order valence-electron chi connectivity index (χ4n) is 2.02. The topological polar surface area (TPSA) is 81.7 Å². The molecule has 1 aliphatic rings. The SMILES string of the molecule is C/C(I)=C1/C(=C(C#N)C#N)c2ccccc2S1(=O)=O. The minimum Gasteiger partial charge on any atom is -0.218 e. The van der Waals surface area contributed by atoms with Crippen LogP contribution >= 0.6 is 22.6 Å². The molecular formula is C13H7IN2O2S. The van der Waals surface area contributed by atoms with Crippen LogP contribution in [0.4, 0.5) is 0 Å². The van der Waals surface area contributed by atoms with Crippen molar-refractivity contribution in [3.8, 4) is 12.1 Å². The highest BCUT2D eigenvalue weighted by molar-refractivity contribution is 14.1. The van der Waals surface area contributed by atoms with Gasteiger partial charge in [-0.15, -0.1) is 0 Å². The molecule has 0 fully saturated rings. The molecule has 0 bridgehead atoms. The molecule has 0 saturated heterocycles. The van der Waals surface area contributed by atoms with E-state index in [-0.39, 0.29) is 20.9 Å². The number of benzene rings is 1. The maximum Gasteiger partial charge on any atom is 0.208 e. The van der Waals surface area contributed by atoms with Crippen molar-refractivity contribution < 1.29 is 8.42 Å². The molecule has 0 spiro atoms. The highest BCUT2D eigenvalue weighted by Crippen LogP contribution is 2.46. The lowest BCUT2D eigenvalue weighted by molar-refractivity contribution is 0.604. The summed E-state index contributed by atoms with van der Waals surface area (Å²) in [6.07, 6.45) is 0. The van der Waals surface area contributed by atoms with Gasteiger partial charge in [0.2, 0.25) is 9.84 Å². The maximum absolute atomic E-state index is 12.5. The van der Waals surface area contributed by atoms with Gasteiger partial charge in [0.25, 0.3) is 0 Å². The lowest BCUT2D eigenvalue weighted by Gasteiger charge is -2.02. The summed E-state index contributed by atoms with van der Waals surface area (Å²) < 4.78 is 25.4. The van der Waals surface area contributed by atoms with Gasteiger partial charge in [-0.3, -0.25) is 0 Å². The van der Waals surface area contributed by atoms with Gasteiger partial charge < -0.3 is 0 Å². The first-order valence-corrected chi connectivity index (χ1v) is 7.77. The average molecular weight is 382 g/mol. The smallest absolute Gasteiger partial charge is 0.208 e. The molecule has 1 heterocycles. The van der Waals surface area contributed by atoms with E-state index in [2.05, 4.69) is 0 Å². The molecule has 1 aromatic carbocycles. The largest absolute Gasteiger partial charge is 0.218 e. The van der Waals surface area contributed by atoms with Crippen LogP contribution in [-0.2, 0) is 9.84 Å². The predicted molar refractivity (Wildman–Crippen MR) is 78.5 cm³/mol. The van der Waals surface area contributed by atoms with Crippen molar-refractivity contribution in [2.75, 3.05) is 0 Å². The van der Waals surface area contributed by atoms with Gasteiger partial charge in [-0.25, -0.2) is 8.42 Å². The number of nitrogens with zero attached hydrogens (tertiary/aromatic N) is 2. The number of sulfone groups is 1. The van der Waals surface area contributed by atoms with Crippen LogP contribution in [0.5, 0.6) is 0 Å². The van der Waals surface area contributed by atoms with Crippen LogP contribution in [0.1, 0.15) is 12.5 Å². The first kappa shape index (κ1) is 13.8. The molecule has 1 aromatic rings. The van der Waals surface area contributed by atoms with Gasteiger partial charge in [0, 0.05) is 14.7 Å². The van der Waals surface area contributed by atoms with E-state index in [1.807, 2.05) is 22.6 Å². The Balaban J connectivity index is 3.06. The third kappa shape index (κ3) is 1.97. The molecule has 0 amide bonds. The van der Waals surface area contributed by atoms with Gasteiger partial charge in [-0.1, -0.05) is 18.2 Å². The van der Waals surface area contributed by atoms with Gasteiger partial charge in [0.1, 0.15) is 17.7 Å². The quantitative estimate of drug-likeness (QED) is 0.510. The number of halogens is 1. The zero-order valence-electron chi connectivity index (χ0n) is 9.81. The van der Waals surface area contributed by atoms with Gasteiger partial charge in [0.05, 0.1) is 9.80 Å². The van der Waals surface area contributed by atoms with Crippen molar-refractivity contribution in [3.63, 3.8) is 0 Å². The fourth-order valence-corrected chi connectivity index (χ4v) is 4.94. The van der Waals surface area contributed by atoms with E-state index in [1.165, 1.54) is 6.07 Å². The Bertz CT molecular complexity index is 801. The maximum atomic E-state index is 12.5. The monoisotopic (exact) mass is 382 g/mol. The molecule has 0 radical (unpaired) electrons. The third-order valence-corrected chi connectivity index (χ3v) is 5.62. The Morgan fingerprint density at radius 2 is 1.79 bits per heavy atom. The lowest BCUT2D eigenvalue weighted by atomic mass is 10.0. The zero-order valence-corrected chi connectivity index (χ0v) is 12.8. The Morgan fingerprint density at radius 1 is 1.21 bits per heavy atom. The van der Waals surface area contributed by atoms with E-state index in [9.17, 15) is 8.42 Å². The molecule has 0 unspecified atom stereocenters. The average Bonchev–Trinajstić information content (AvgIpc) is 2.61. The molecular weight excluding hydrogens is 375 g/mol. The van der Waals surface area contributed by atoms with Crippen LogP contribution in [0, 0.1) is 22.7 Å².